The van der Waals surface area contributed by atoms with E-state index in [4.69, 9.17) is 0 Å². The normalized spacial score (nSPS) is 11.4. The van der Waals surface area contributed by atoms with Crippen LogP contribution in [-0.2, 0) is 6.42 Å². The molecule has 23 heavy (non-hydrogen) atoms. The number of fused-ring (bicyclic) bond motifs is 1. The number of imidazole rings is 1. The number of azo groups is 1. The van der Waals surface area contributed by atoms with Gasteiger partial charge in [0.25, 0.3) is 0 Å². The number of aromatic nitrogens is 2. The van der Waals surface area contributed by atoms with Crippen LogP contribution in [-0.4, -0.2) is 20.5 Å². The Labute approximate surface area is 133 Å². The third kappa shape index (κ3) is 2.96. The Balaban J connectivity index is 2.06. The van der Waals surface area contributed by atoms with Crippen LogP contribution in [0.2, 0.25) is 0 Å². The number of hydrogen-bond acceptors (Lipinski definition) is 4. The Kier molecular flexibility index (Phi) is 3.89. The van der Waals surface area contributed by atoms with Crippen molar-refractivity contribution in [3.8, 4) is 0 Å². The highest BCUT2D eigenvalue weighted by Crippen LogP contribution is 2.25. The number of rotatable bonds is 4. The Morgan fingerprint density at radius 2 is 1.91 bits per heavy atom. The van der Waals surface area contributed by atoms with E-state index in [2.05, 4.69) is 22.1 Å². The van der Waals surface area contributed by atoms with Crippen LogP contribution in [0.3, 0.4) is 0 Å². The number of pyridine rings is 1. The Bertz CT molecular complexity index is 895. The van der Waals surface area contributed by atoms with Gasteiger partial charge >= 0.3 is 5.97 Å². The first-order valence-electron chi connectivity index (χ1n) is 7.31. The van der Waals surface area contributed by atoms with E-state index in [1.807, 2.05) is 37.3 Å². The van der Waals surface area contributed by atoms with Crippen molar-refractivity contribution < 1.29 is 9.90 Å². The molecule has 0 aliphatic heterocycles. The number of carbonyl (C=O) groups is 1. The molecule has 2 heterocycles. The van der Waals surface area contributed by atoms with Crippen molar-refractivity contribution >= 4 is 23.1 Å². The van der Waals surface area contributed by atoms with E-state index in [-0.39, 0.29) is 11.5 Å². The SMILES string of the molecule is CCc1ccc(N=Nc2c(C(=O)O)nc3ccc(C)cn23)cc1. The molecule has 0 atom stereocenters. The van der Waals surface area contributed by atoms with E-state index >= 15 is 0 Å². The monoisotopic (exact) mass is 308 g/mol. The Morgan fingerprint density at radius 1 is 1.17 bits per heavy atom. The second kappa shape index (κ2) is 6.00. The first-order chi connectivity index (χ1) is 11.1. The van der Waals surface area contributed by atoms with E-state index in [0.717, 1.165) is 12.0 Å². The molecule has 3 rings (SSSR count). The predicted molar refractivity (Wildman–Crippen MR) is 86.9 cm³/mol. The standard InChI is InChI=1S/C17H16N4O2/c1-3-12-5-7-13(8-6-12)19-20-16-15(17(22)23)18-14-9-4-11(2)10-21(14)16/h4-10H,3H2,1-2H3,(H,22,23). The largest absolute Gasteiger partial charge is 0.476 e. The number of aryl methyl sites for hydroxylation is 2. The molecule has 0 radical (unpaired) electrons. The number of carboxylic acid groups (broad SMARTS) is 1. The van der Waals surface area contributed by atoms with Gasteiger partial charge in [-0.2, -0.15) is 0 Å². The summed E-state index contributed by atoms with van der Waals surface area (Å²) in [4.78, 5) is 15.5. The fourth-order valence-corrected chi connectivity index (χ4v) is 2.28. The van der Waals surface area contributed by atoms with Gasteiger partial charge in [-0.25, -0.2) is 9.78 Å². The molecule has 0 aliphatic rings. The highest BCUT2D eigenvalue weighted by atomic mass is 16.4. The van der Waals surface area contributed by atoms with Gasteiger partial charge in [0.05, 0.1) is 5.69 Å². The first kappa shape index (κ1) is 14.9. The lowest BCUT2D eigenvalue weighted by atomic mass is 10.2. The van der Waals surface area contributed by atoms with Crippen LogP contribution in [0.1, 0.15) is 28.5 Å². The lowest BCUT2D eigenvalue weighted by Crippen LogP contribution is -1.96. The van der Waals surface area contributed by atoms with Gasteiger partial charge in [-0.1, -0.05) is 25.1 Å². The van der Waals surface area contributed by atoms with Gasteiger partial charge in [0.15, 0.2) is 11.5 Å². The molecular formula is C17H16N4O2. The van der Waals surface area contributed by atoms with Gasteiger partial charge in [-0.3, -0.25) is 4.40 Å². The zero-order valence-corrected chi connectivity index (χ0v) is 12.9. The van der Waals surface area contributed by atoms with Crippen LogP contribution in [0, 0.1) is 6.92 Å². The quantitative estimate of drug-likeness (QED) is 0.729. The third-order valence-corrected chi connectivity index (χ3v) is 3.55. The molecule has 1 aromatic carbocycles. The minimum absolute atomic E-state index is 0.107. The van der Waals surface area contributed by atoms with Gasteiger partial charge in [0.1, 0.15) is 5.65 Å². The minimum Gasteiger partial charge on any atom is -0.476 e. The molecule has 116 valence electrons. The molecule has 0 amide bonds. The summed E-state index contributed by atoms with van der Waals surface area (Å²) >= 11 is 0. The fraction of sp³-hybridized carbons (Fsp3) is 0.176. The van der Waals surface area contributed by atoms with Crippen molar-refractivity contribution in [1.29, 1.82) is 0 Å². The maximum Gasteiger partial charge on any atom is 0.358 e. The Morgan fingerprint density at radius 3 is 2.57 bits per heavy atom. The second-order valence-electron chi connectivity index (χ2n) is 5.24. The molecule has 0 bridgehead atoms. The van der Waals surface area contributed by atoms with E-state index in [9.17, 15) is 9.90 Å². The molecule has 0 saturated heterocycles. The summed E-state index contributed by atoms with van der Waals surface area (Å²) in [5, 5.41) is 17.6. The smallest absolute Gasteiger partial charge is 0.358 e. The molecule has 3 aromatic rings. The van der Waals surface area contributed by atoms with Crippen molar-refractivity contribution in [2.45, 2.75) is 20.3 Å². The topological polar surface area (TPSA) is 79.3 Å². The lowest BCUT2D eigenvalue weighted by Gasteiger charge is -1.99. The summed E-state index contributed by atoms with van der Waals surface area (Å²) in [5.41, 5.74) is 3.28. The maximum absolute atomic E-state index is 11.4. The Hall–Kier alpha value is -3.02. The zero-order valence-electron chi connectivity index (χ0n) is 12.9. The molecule has 1 N–H and O–H groups in total. The third-order valence-electron chi connectivity index (χ3n) is 3.55. The summed E-state index contributed by atoms with van der Waals surface area (Å²) in [7, 11) is 0. The average Bonchev–Trinajstić information content (AvgIpc) is 2.91. The van der Waals surface area contributed by atoms with Gasteiger partial charge in [-0.05, 0) is 42.7 Å². The van der Waals surface area contributed by atoms with Crippen LogP contribution < -0.4 is 0 Å². The number of nitrogens with zero attached hydrogens (tertiary/aromatic N) is 4. The maximum atomic E-state index is 11.4. The van der Waals surface area contributed by atoms with E-state index in [0.29, 0.717) is 11.3 Å². The first-order valence-corrected chi connectivity index (χ1v) is 7.31. The molecular weight excluding hydrogens is 292 g/mol. The van der Waals surface area contributed by atoms with Gasteiger partial charge in [-0.15, -0.1) is 10.2 Å². The molecule has 0 unspecified atom stereocenters. The number of benzene rings is 1. The molecule has 0 saturated carbocycles. The van der Waals surface area contributed by atoms with Gasteiger partial charge in [0, 0.05) is 6.20 Å². The van der Waals surface area contributed by atoms with E-state index in [1.165, 1.54) is 5.56 Å². The minimum atomic E-state index is -1.12. The predicted octanol–water partition coefficient (Wildman–Crippen LogP) is 4.32. The summed E-state index contributed by atoms with van der Waals surface area (Å²) in [6, 6.07) is 11.3. The van der Waals surface area contributed by atoms with E-state index in [1.54, 1.807) is 16.7 Å². The van der Waals surface area contributed by atoms with Crippen LogP contribution in [0.5, 0.6) is 0 Å². The lowest BCUT2D eigenvalue weighted by molar-refractivity contribution is 0.0692. The van der Waals surface area contributed by atoms with Crippen LogP contribution in [0.25, 0.3) is 5.65 Å². The molecule has 0 fully saturated rings. The molecule has 0 spiro atoms. The van der Waals surface area contributed by atoms with Crippen molar-refractivity contribution in [3.63, 3.8) is 0 Å². The number of carboxylic acids is 1. The number of hydrogen-bond donors (Lipinski definition) is 1. The van der Waals surface area contributed by atoms with Gasteiger partial charge < -0.3 is 5.11 Å². The van der Waals surface area contributed by atoms with Crippen LogP contribution in [0.4, 0.5) is 11.5 Å². The van der Waals surface area contributed by atoms with Crippen molar-refractivity contribution in [1.82, 2.24) is 9.38 Å². The molecule has 0 aliphatic carbocycles. The van der Waals surface area contributed by atoms with Crippen LogP contribution >= 0.6 is 0 Å². The van der Waals surface area contributed by atoms with E-state index < -0.39 is 5.97 Å². The summed E-state index contributed by atoms with van der Waals surface area (Å²) in [5.74, 6) is -0.905. The second-order valence-corrected chi connectivity index (χ2v) is 5.24. The highest BCUT2D eigenvalue weighted by molar-refractivity contribution is 5.91. The van der Waals surface area contributed by atoms with Gasteiger partial charge in [0.2, 0.25) is 0 Å². The molecule has 6 nitrogen and oxygen atoms in total. The molecule has 6 heteroatoms. The van der Waals surface area contributed by atoms with Crippen molar-refractivity contribution in [3.05, 3.63) is 59.4 Å². The summed E-state index contributed by atoms with van der Waals surface area (Å²) in [6.45, 7) is 4.00. The summed E-state index contributed by atoms with van der Waals surface area (Å²) < 4.78 is 1.64. The van der Waals surface area contributed by atoms with Crippen molar-refractivity contribution in [2.75, 3.05) is 0 Å². The fourth-order valence-electron chi connectivity index (χ4n) is 2.28. The zero-order chi connectivity index (χ0) is 16.4. The molecule has 2 aromatic heterocycles. The average molecular weight is 308 g/mol. The highest BCUT2D eigenvalue weighted by Gasteiger charge is 2.18. The number of aromatic carboxylic acids is 1. The van der Waals surface area contributed by atoms with Crippen LogP contribution in [0.15, 0.2) is 52.8 Å². The van der Waals surface area contributed by atoms with Crippen molar-refractivity contribution in [2.24, 2.45) is 10.2 Å². The summed E-state index contributed by atoms with van der Waals surface area (Å²) in [6.07, 6.45) is 2.75.